The molecule has 4 heteroatoms. The van der Waals surface area contributed by atoms with Crippen molar-refractivity contribution in [2.24, 2.45) is 0 Å². The quantitative estimate of drug-likeness (QED) is 0.688. The lowest BCUT2D eigenvalue weighted by Gasteiger charge is -2.25. The first-order chi connectivity index (χ1) is 12.1. The summed E-state index contributed by atoms with van der Waals surface area (Å²) in [5.41, 5.74) is 1.57. The van der Waals surface area contributed by atoms with E-state index in [1.807, 2.05) is 55.5 Å². The highest BCUT2D eigenvalue weighted by Crippen LogP contribution is 2.32. The van der Waals surface area contributed by atoms with Crippen LogP contribution in [0.2, 0.25) is 0 Å². The van der Waals surface area contributed by atoms with Gasteiger partial charge in [-0.25, -0.2) is 0 Å². The van der Waals surface area contributed by atoms with Gasteiger partial charge in [0.1, 0.15) is 0 Å². The molecule has 1 heterocycles. The third kappa shape index (κ3) is 2.87. The van der Waals surface area contributed by atoms with Crippen molar-refractivity contribution in [2.45, 2.75) is 20.3 Å². The maximum atomic E-state index is 13.0. The number of nitrogens with zero attached hydrogens (tertiary/aromatic N) is 1. The molecule has 0 bridgehead atoms. The van der Waals surface area contributed by atoms with Crippen LogP contribution in [0, 0.1) is 0 Å². The lowest BCUT2D eigenvalue weighted by Crippen LogP contribution is -2.29. The fraction of sp³-hybridized carbons (Fsp3) is 0.143. The molecule has 0 aliphatic heterocycles. The van der Waals surface area contributed by atoms with E-state index >= 15 is 0 Å². The van der Waals surface area contributed by atoms with Crippen molar-refractivity contribution in [3.05, 3.63) is 82.1 Å². The highest BCUT2D eigenvalue weighted by atomic mass is 16.3. The summed E-state index contributed by atoms with van der Waals surface area (Å²) < 4.78 is 1.48. The minimum Gasteiger partial charge on any atom is -0.872 e. The first-order valence-corrected chi connectivity index (χ1v) is 8.17. The molecule has 0 atom stereocenters. The van der Waals surface area contributed by atoms with Gasteiger partial charge in [0.15, 0.2) is 5.78 Å². The van der Waals surface area contributed by atoms with E-state index in [-0.39, 0.29) is 5.56 Å². The van der Waals surface area contributed by atoms with Crippen LogP contribution < -0.4 is 10.7 Å². The van der Waals surface area contributed by atoms with Crippen LogP contribution in [0.4, 0.5) is 0 Å². The Labute approximate surface area is 146 Å². The summed E-state index contributed by atoms with van der Waals surface area (Å²) in [4.78, 5) is 25.0. The Hall–Kier alpha value is -3.14. The van der Waals surface area contributed by atoms with E-state index in [0.717, 1.165) is 5.56 Å². The van der Waals surface area contributed by atoms with Crippen LogP contribution in [0.3, 0.4) is 0 Å². The summed E-state index contributed by atoms with van der Waals surface area (Å²) in [6, 6.07) is 18.4. The van der Waals surface area contributed by atoms with E-state index in [1.165, 1.54) is 11.5 Å². The number of pyridine rings is 1. The van der Waals surface area contributed by atoms with Gasteiger partial charge >= 0.3 is 0 Å². The van der Waals surface area contributed by atoms with Crippen LogP contribution in [0.1, 0.15) is 29.8 Å². The van der Waals surface area contributed by atoms with Gasteiger partial charge in [-0.1, -0.05) is 61.2 Å². The summed E-state index contributed by atoms with van der Waals surface area (Å²) in [6.07, 6.45) is 0.427. The maximum absolute atomic E-state index is 13.0. The molecule has 1 aromatic heterocycles. The first-order valence-electron chi connectivity index (χ1n) is 8.17. The molecule has 3 rings (SSSR count). The van der Waals surface area contributed by atoms with E-state index in [4.69, 9.17) is 0 Å². The van der Waals surface area contributed by atoms with Crippen LogP contribution >= 0.6 is 0 Å². The fourth-order valence-corrected chi connectivity index (χ4v) is 3.07. The molecule has 0 N–H and O–H groups in total. The standard InChI is InChI=1S/C21H19NO3/c1-3-17-19(15-10-6-4-7-11-15)22(16-12-8-5-9-13-16)21(25)18(14(2)23)20(17)24/h4-13,24H,3H2,1-2H3/p-1. The Bertz CT molecular complexity index is 974. The van der Waals surface area contributed by atoms with Gasteiger partial charge in [0, 0.05) is 5.69 Å². The molecule has 0 spiro atoms. The number of carbonyl (C=O) groups is 1. The summed E-state index contributed by atoms with van der Waals surface area (Å²) >= 11 is 0. The predicted octanol–water partition coefficient (Wildman–Crippen LogP) is 3.34. The minimum absolute atomic E-state index is 0.277. The van der Waals surface area contributed by atoms with Crippen LogP contribution in [-0.2, 0) is 6.42 Å². The molecule has 25 heavy (non-hydrogen) atoms. The van der Waals surface area contributed by atoms with Gasteiger partial charge in [-0.2, -0.15) is 0 Å². The lowest BCUT2D eigenvalue weighted by atomic mass is 9.98. The van der Waals surface area contributed by atoms with E-state index in [2.05, 4.69) is 0 Å². The van der Waals surface area contributed by atoms with Gasteiger partial charge < -0.3 is 5.11 Å². The van der Waals surface area contributed by atoms with E-state index < -0.39 is 17.1 Å². The molecule has 0 amide bonds. The van der Waals surface area contributed by atoms with E-state index in [1.54, 1.807) is 12.1 Å². The Morgan fingerprint density at radius 1 is 1.00 bits per heavy atom. The molecule has 0 radical (unpaired) electrons. The molecule has 126 valence electrons. The number of ketones is 1. The van der Waals surface area contributed by atoms with Gasteiger partial charge in [-0.3, -0.25) is 14.2 Å². The summed E-state index contributed by atoms with van der Waals surface area (Å²) in [5, 5.41) is 12.8. The Kier molecular flexibility index (Phi) is 4.52. The minimum atomic E-state index is -0.570. The van der Waals surface area contributed by atoms with Crippen LogP contribution in [0.25, 0.3) is 16.9 Å². The first kappa shape index (κ1) is 16.7. The molecule has 3 aromatic rings. The normalized spacial score (nSPS) is 10.6. The highest BCUT2D eigenvalue weighted by molar-refractivity contribution is 5.97. The zero-order valence-corrected chi connectivity index (χ0v) is 14.2. The van der Waals surface area contributed by atoms with E-state index in [9.17, 15) is 14.7 Å². The topological polar surface area (TPSA) is 62.1 Å². The summed E-state index contributed by atoms with van der Waals surface area (Å²) in [5.74, 6) is -0.972. The molecule has 2 aromatic carbocycles. The van der Waals surface area contributed by atoms with Crippen molar-refractivity contribution in [1.82, 2.24) is 4.57 Å². The molecule has 0 saturated carbocycles. The second-order valence-corrected chi connectivity index (χ2v) is 5.78. The number of benzene rings is 2. The Morgan fingerprint density at radius 2 is 1.56 bits per heavy atom. The van der Waals surface area contributed by atoms with Gasteiger partial charge in [-0.05, 0) is 36.6 Å². The summed E-state index contributed by atoms with van der Waals surface area (Å²) in [6.45, 7) is 3.11. The van der Waals surface area contributed by atoms with Crippen LogP contribution in [-0.4, -0.2) is 10.4 Å². The number of para-hydroxylation sites is 1. The van der Waals surface area contributed by atoms with Crippen molar-refractivity contribution >= 4 is 5.78 Å². The maximum Gasteiger partial charge on any atom is 0.265 e. The molecule has 4 nitrogen and oxygen atoms in total. The third-order valence-corrected chi connectivity index (χ3v) is 4.19. The second kappa shape index (κ2) is 6.77. The smallest absolute Gasteiger partial charge is 0.265 e. The average Bonchev–Trinajstić information content (AvgIpc) is 2.62. The molecule has 0 fully saturated rings. The zero-order chi connectivity index (χ0) is 18.0. The second-order valence-electron chi connectivity index (χ2n) is 5.78. The third-order valence-electron chi connectivity index (χ3n) is 4.19. The van der Waals surface area contributed by atoms with Gasteiger partial charge in [0.2, 0.25) is 0 Å². The zero-order valence-electron chi connectivity index (χ0n) is 14.2. The lowest BCUT2D eigenvalue weighted by molar-refractivity contribution is -0.269. The van der Waals surface area contributed by atoms with Gasteiger partial charge in [0.25, 0.3) is 5.56 Å². The van der Waals surface area contributed by atoms with Crippen molar-refractivity contribution < 1.29 is 9.90 Å². The van der Waals surface area contributed by atoms with Crippen molar-refractivity contribution in [3.8, 4) is 22.7 Å². The largest absolute Gasteiger partial charge is 0.872 e. The fourth-order valence-electron chi connectivity index (χ4n) is 3.07. The average molecular weight is 332 g/mol. The summed E-state index contributed by atoms with van der Waals surface area (Å²) in [7, 11) is 0. The molecular weight excluding hydrogens is 314 g/mol. The number of aromatic nitrogens is 1. The Balaban J connectivity index is 2.52. The number of Topliss-reactive ketones (excluding diaryl/α,β-unsaturated/α-hetero) is 1. The van der Waals surface area contributed by atoms with Crippen molar-refractivity contribution in [2.75, 3.05) is 0 Å². The molecule has 0 saturated heterocycles. The van der Waals surface area contributed by atoms with E-state index in [0.29, 0.717) is 23.4 Å². The molecule has 0 aliphatic rings. The number of hydrogen-bond donors (Lipinski definition) is 0. The predicted molar refractivity (Wildman–Crippen MR) is 96.3 cm³/mol. The highest BCUT2D eigenvalue weighted by Gasteiger charge is 2.20. The SMILES string of the molecule is CCc1c([O-])c(C(C)=O)c(=O)n(-c2ccccc2)c1-c1ccccc1. The monoisotopic (exact) mass is 332 g/mol. The number of rotatable bonds is 4. The molecule has 0 aliphatic carbocycles. The van der Waals surface area contributed by atoms with Crippen molar-refractivity contribution in [1.29, 1.82) is 0 Å². The van der Waals surface area contributed by atoms with Crippen LogP contribution in [0.15, 0.2) is 65.5 Å². The Morgan fingerprint density at radius 3 is 2.08 bits per heavy atom. The van der Waals surface area contributed by atoms with Crippen LogP contribution in [0.5, 0.6) is 5.75 Å². The number of hydrogen-bond acceptors (Lipinski definition) is 3. The van der Waals surface area contributed by atoms with Gasteiger partial charge in [0.05, 0.1) is 11.3 Å². The van der Waals surface area contributed by atoms with Crippen molar-refractivity contribution in [3.63, 3.8) is 0 Å². The molecular formula is C21H18NO3-. The molecule has 0 unspecified atom stereocenters. The number of carbonyl (C=O) groups excluding carboxylic acids is 1. The van der Waals surface area contributed by atoms with Gasteiger partial charge in [-0.15, -0.1) is 0 Å².